The van der Waals surface area contributed by atoms with Gasteiger partial charge in [-0.15, -0.1) is 34.0 Å². The Labute approximate surface area is 670 Å². The normalized spacial score (nSPS) is 11.7. The van der Waals surface area contributed by atoms with Crippen LogP contribution in [0.1, 0.15) is 0 Å². The van der Waals surface area contributed by atoms with Crippen LogP contribution < -0.4 is 0 Å². The van der Waals surface area contributed by atoms with Crippen LogP contribution in [-0.4, -0.2) is 13.7 Å². The van der Waals surface area contributed by atoms with Crippen molar-refractivity contribution >= 4 is 160 Å². The molecule has 0 aliphatic heterocycles. The first kappa shape index (κ1) is 67.0. The summed E-state index contributed by atoms with van der Waals surface area (Å²) >= 11 is 5.62. The quantitative estimate of drug-likeness (QED) is 0.137. The van der Waals surface area contributed by atoms with E-state index in [0.29, 0.717) is 0 Å². The van der Waals surface area contributed by atoms with Gasteiger partial charge in [-0.3, -0.25) is 0 Å². The summed E-state index contributed by atoms with van der Waals surface area (Å²) in [5.74, 6) is 0. The molecule has 0 atom stereocenters. The Hall–Kier alpha value is -14.0. The van der Waals surface area contributed by atoms with Crippen molar-refractivity contribution in [1.82, 2.24) is 13.7 Å². The molecule has 24 rings (SSSR count). The molecule has 18 aromatic carbocycles. The number of nitrogens with zero attached hydrogens (tertiary/aromatic N) is 3. The lowest BCUT2D eigenvalue weighted by molar-refractivity contribution is 1.18. The Bertz CT molecular complexity index is 7710. The monoisotopic (exact) mass is 1500 g/mol. The summed E-state index contributed by atoms with van der Waals surface area (Å²) in [5.41, 5.74) is 25.8. The number of para-hydroxylation sites is 3. The molecule has 0 spiro atoms. The van der Waals surface area contributed by atoms with E-state index in [1.807, 2.05) is 34.0 Å². The summed E-state index contributed by atoms with van der Waals surface area (Å²) in [4.78, 5) is 0. The van der Waals surface area contributed by atoms with Gasteiger partial charge in [0.25, 0.3) is 0 Å². The number of aromatic nitrogens is 3. The molecular weight excluding hydrogens is 1440 g/mol. The highest BCUT2D eigenvalue weighted by atomic mass is 32.1. The second-order valence-electron chi connectivity index (χ2n) is 29.4. The largest absolute Gasteiger partial charge is 0.309 e. The van der Waals surface area contributed by atoms with Gasteiger partial charge in [0, 0.05) is 110 Å². The first-order valence-electron chi connectivity index (χ1n) is 38.8. The Morgan fingerprint density at radius 3 is 0.956 bits per heavy atom. The second kappa shape index (κ2) is 28.1. The molecule has 0 aliphatic carbocycles. The fourth-order valence-corrected chi connectivity index (χ4v) is 20.9. The minimum absolute atomic E-state index is 1.17. The van der Waals surface area contributed by atoms with E-state index in [4.69, 9.17) is 0 Å². The van der Waals surface area contributed by atoms with Crippen molar-refractivity contribution in [3.05, 3.63) is 419 Å². The number of thiophene rings is 3. The SMILES string of the molecule is c1ccc(-c2ccc(-n3c4ccccc4c4c(-c5ccc6sc7ccccc7c6c5)cccc43)cc2)cc1.c1ccc(-c2ccc(-n3c4ccccc4c4ccc(-c5ccc6sc7ccccc7c6c5)cc43)cc2)cc1.c1ccc(-c2ccc(-n3c4ccccc4c4ccc(-c5cccc6c5sc5ccccc56)cc43)cc2)cc1. The van der Waals surface area contributed by atoms with Crippen molar-refractivity contribution < 1.29 is 0 Å². The highest BCUT2D eigenvalue weighted by Gasteiger charge is 2.21. The van der Waals surface area contributed by atoms with Crippen molar-refractivity contribution in [1.29, 1.82) is 0 Å². The molecular formula is C108H69N3S3. The first-order valence-corrected chi connectivity index (χ1v) is 41.3. The van der Waals surface area contributed by atoms with E-state index in [2.05, 4.69) is 432 Å². The van der Waals surface area contributed by atoms with E-state index < -0.39 is 0 Å². The smallest absolute Gasteiger partial charge is 0.0547 e. The topological polar surface area (TPSA) is 14.8 Å². The van der Waals surface area contributed by atoms with Gasteiger partial charge in [0.15, 0.2) is 0 Å². The molecule has 6 aromatic heterocycles. The van der Waals surface area contributed by atoms with Crippen LogP contribution in [0.15, 0.2) is 419 Å². The molecule has 24 aromatic rings. The molecule has 0 N–H and O–H groups in total. The minimum Gasteiger partial charge on any atom is -0.309 e. The maximum atomic E-state index is 2.41. The lowest BCUT2D eigenvalue weighted by Crippen LogP contribution is -1.94. The van der Waals surface area contributed by atoms with Gasteiger partial charge in [-0.1, -0.05) is 303 Å². The van der Waals surface area contributed by atoms with Crippen LogP contribution in [0.5, 0.6) is 0 Å². The Kier molecular flexibility index (Phi) is 16.5. The summed E-state index contributed by atoms with van der Waals surface area (Å²) < 4.78 is 15.3. The van der Waals surface area contributed by atoms with Crippen molar-refractivity contribution in [2.45, 2.75) is 0 Å². The summed E-state index contributed by atoms with van der Waals surface area (Å²) in [7, 11) is 0. The molecule has 0 amide bonds. The third-order valence-electron chi connectivity index (χ3n) is 22.9. The van der Waals surface area contributed by atoms with E-state index in [1.54, 1.807) is 0 Å². The lowest BCUT2D eigenvalue weighted by Gasteiger charge is -2.11. The van der Waals surface area contributed by atoms with E-state index in [0.717, 1.165) is 0 Å². The van der Waals surface area contributed by atoms with Crippen LogP contribution >= 0.6 is 34.0 Å². The predicted octanol–water partition coefficient (Wildman–Crippen LogP) is 31.5. The van der Waals surface area contributed by atoms with Gasteiger partial charge in [0.05, 0.1) is 33.1 Å². The number of hydrogen-bond acceptors (Lipinski definition) is 3. The average Bonchev–Trinajstić information content (AvgIpc) is 1.59. The zero-order chi connectivity index (χ0) is 75.2. The number of rotatable bonds is 9. The first-order chi connectivity index (χ1) is 56.5. The van der Waals surface area contributed by atoms with Crippen LogP contribution in [0, 0.1) is 0 Å². The van der Waals surface area contributed by atoms with Crippen molar-refractivity contribution in [3.8, 4) is 83.8 Å². The second-order valence-corrected chi connectivity index (χ2v) is 32.6. The zero-order valence-corrected chi connectivity index (χ0v) is 64.4. The Balaban J connectivity index is 0.000000104. The van der Waals surface area contributed by atoms with Gasteiger partial charge in [0.1, 0.15) is 0 Å². The maximum Gasteiger partial charge on any atom is 0.0547 e. The fourth-order valence-electron chi connectivity index (χ4n) is 17.5. The van der Waals surface area contributed by atoms with Crippen LogP contribution in [-0.2, 0) is 0 Å². The molecule has 6 heteroatoms. The molecule has 6 heterocycles. The molecule has 0 aliphatic rings. The summed E-state index contributed by atoms with van der Waals surface area (Å²) in [6.45, 7) is 0. The third kappa shape index (κ3) is 11.6. The zero-order valence-electron chi connectivity index (χ0n) is 61.9. The molecule has 0 fully saturated rings. The molecule has 114 heavy (non-hydrogen) atoms. The van der Waals surface area contributed by atoms with Crippen molar-refractivity contribution in [2.24, 2.45) is 0 Å². The van der Waals surface area contributed by atoms with Gasteiger partial charge in [0.2, 0.25) is 0 Å². The van der Waals surface area contributed by atoms with E-state index in [-0.39, 0.29) is 0 Å². The lowest BCUT2D eigenvalue weighted by atomic mass is 9.98. The standard InChI is InChI=1S/3C36H23NS/c1-2-9-24(10-3-1)25-17-20-27(21-18-25)37-32-14-6-4-12-30(32)36-28(13-8-15-33(36)37)26-19-22-35-31(23-26)29-11-5-7-16-34(29)38-35;1-2-9-24(10-3-1)25-17-20-27(21-18-25)37-33-15-6-4-11-29(33)30-22-19-26(23-34(30)37)28-13-8-14-32-31-12-5-7-16-35(31)38-36(28)32;1-2-8-24(9-3-1)25-14-18-28(19-15-25)37-33-12-6-4-10-29(33)30-20-16-27(23-34(30)37)26-17-21-36-32(22-26)31-11-5-7-13-35(31)38-36/h3*1-23H. The third-order valence-corrected chi connectivity index (χ3v) is 26.4. The molecule has 534 valence electrons. The fraction of sp³-hybridized carbons (Fsp3) is 0. The number of benzene rings is 18. The van der Waals surface area contributed by atoms with E-state index >= 15 is 0 Å². The highest BCUT2D eigenvalue weighted by Crippen LogP contribution is 2.46. The molecule has 0 saturated carbocycles. The van der Waals surface area contributed by atoms with Crippen LogP contribution in [0.3, 0.4) is 0 Å². The summed E-state index contributed by atoms with van der Waals surface area (Å²) in [6, 6.07) is 152. The Morgan fingerprint density at radius 2 is 0.447 bits per heavy atom. The predicted molar refractivity (Wildman–Crippen MR) is 494 cm³/mol. The van der Waals surface area contributed by atoms with Gasteiger partial charge < -0.3 is 13.7 Å². The molecule has 0 unspecified atom stereocenters. The van der Waals surface area contributed by atoms with Gasteiger partial charge >= 0.3 is 0 Å². The average molecular weight is 1500 g/mol. The Morgan fingerprint density at radius 1 is 0.149 bits per heavy atom. The summed E-state index contributed by atoms with van der Waals surface area (Å²) in [6.07, 6.45) is 0. The van der Waals surface area contributed by atoms with Gasteiger partial charge in [-0.05, 0) is 182 Å². The highest BCUT2D eigenvalue weighted by molar-refractivity contribution is 7.27. The maximum absolute atomic E-state index is 2.41. The number of hydrogen-bond donors (Lipinski definition) is 0. The minimum atomic E-state index is 1.17. The molecule has 0 saturated heterocycles. The van der Waals surface area contributed by atoms with Crippen LogP contribution in [0.2, 0.25) is 0 Å². The van der Waals surface area contributed by atoms with Crippen molar-refractivity contribution in [2.75, 3.05) is 0 Å². The van der Waals surface area contributed by atoms with Gasteiger partial charge in [-0.2, -0.15) is 0 Å². The van der Waals surface area contributed by atoms with E-state index in [9.17, 15) is 0 Å². The summed E-state index contributed by atoms with van der Waals surface area (Å²) in [5, 5.41) is 15.7. The number of fused-ring (bicyclic) bond motifs is 18. The van der Waals surface area contributed by atoms with Crippen LogP contribution in [0.25, 0.3) is 210 Å². The van der Waals surface area contributed by atoms with Crippen LogP contribution in [0.4, 0.5) is 0 Å². The molecule has 3 nitrogen and oxygen atoms in total. The molecule has 0 radical (unpaired) electrons. The molecule has 0 bridgehead atoms. The van der Waals surface area contributed by atoms with E-state index in [1.165, 1.54) is 210 Å². The van der Waals surface area contributed by atoms with Gasteiger partial charge in [-0.25, -0.2) is 0 Å². The van der Waals surface area contributed by atoms with Crippen molar-refractivity contribution in [3.63, 3.8) is 0 Å².